The molecule has 2 aromatic rings. The van der Waals surface area contributed by atoms with E-state index in [1.165, 1.54) is 11.3 Å². The number of aryl methyl sites for hydroxylation is 1. The van der Waals surface area contributed by atoms with Gasteiger partial charge in [-0.1, -0.05) is 13.3 Å². The maximum absolute atomic E-state index is 12.9. The van der Waals surface area contributed by atoms with E-state index in [4.69, 9.17) is 4.74 Å². The van der Waals surface area contributed by atoms with Crippen molar-refractivity contribution in [1.29, 1.82) is 0 Å². The molecule has 0 radical (unpaired) electrons. The number of nitrogens with zero attached hydrogens (tertiary/aromatic N) is 2. The van der Waals surface area contributed by atoms with Crippen LogP contribution in [0, 0.1) is 6.92 Å². The molecular weight excluding hydrogens is 362 g/mol. The highest BCUT2D eigenvalue weighted by atomic mass is 32.1. The van der Waals surface area contributed by atoms with Crippen LogP contribution in [-0.4, -0.2) is 40.9 Å². The molecule has 0 aliphatic heterocycles. The largest absolute Gasteiger partial charge is 0.494 e. The first-order valence-electron chi connectivity index (χ1n) is 9.33. The summed E-state index contributed by atoms with van der Waals surface area (Å²) in [6.07, 6.45) is 5.68. The first-order valence-corrected chi connectivity index (χ1v) is 10.1. The number of thiazole rings is 1. The van der Waals surface area contributed by atoms with Gasteiger partial charge in [0.1, 0.15) is 12.3 Å². The van der Waals surface area contributed by atoms with E-state index in [1.807, 2.05) is 19.1 Å². The topological polar surface area (TPSA) is 71.5 Å². The van der Waals surface area contributed by atoms with E-state index in [2.05, 4.69) is 17.2 Å². The second kappa shape index (κ2) is 8.99. The lowest BCUT2D eigenvalue weighted by Crippen LogP contribution is -2.39. The van der Waals surface area contributed by atoms with Crippen LogP contribution in [0.4, 0.5) is 5.13 Å². The van der Waals surface area contributed by atoms with Crippen LogP contribution in [0.5, 0.6) is 5.75 Å². The number of aromatic nitrogens is 1. The summed E-state index contributed by atoms with van der Waals surface area (Å²) in [7, 11) is 0. The Morgan fingerprint density at radius 1 is 1.30 bits per heavy atom. The van der Waals surface area contributed by atoms with Crippen LogP contribution in [0.15, 0.2) is 30.5 Å². The van der Waals surface area contributed by atoms with Crippen LogP contribution in [-0.2, 0) is 4.79 Å². The maximum atomic E-state index is 12.9. The molecule has 2 amide bonds. The fourth-order valence-electron chi connectivity index (χ4n) is 2.67. The van der Waals surface area contributed by atoms with Crippen LogP contribution in [0.25, 0.3) is 0 Å². The molecule has 0 bridgehead atoms. The number of amides is 2. The average molecular weight is 388 g/mol. The van der Waals surface area contributed by atoms with E-state index < -0.39 is 0 Å². The van der Waals surface area contributed by atoms with E-state index in [9.17, 15) is 9.59 Å². The normalized spacial score (nSPS) is 13.3. The van der Waals surface area contributed by atoms with Crippen molar-refractivity contribution in [2.24, 2.45) is 0 Å². The predicted molar refractivity (Wildman–Crippen MR) is 106 cm³/mol. The molecule has 6 nitrogen and oxygen atoms in total. The highest BCUT2D eigenvalue weighted by Crippen LogP contribution is 2.28. The summed E-state index contributed by atoms with van der Waals surface area (Å²) in [6.45, 7) is 4.76. The van der Waals surface area contributed by atoms with Crippen molar-refractivity contribution in [1.82, 2.24) is 9.88 Å². The molecule has 3 rings (SSSR count). The summed E-state index contributed by atoms with van der Waals surface area (Å²) in [5.41, 5.74) is 0.572. The van der Waals surface area contributed by atoms with Gasteiger partial charge in [-0.15, -0.1) is 11.3 Å². The summed E-state index contributed by atoms with van der Waals surface area (Å²) >= 11 is 1.42. The van der Waals surface area contributed by atoms with Crippen molar-refractivity contribution in [2.45, 2.75) is 45.6 Å². The third kappa shape index (κ3) is 5.53. The van der Waals surface area contributed by atoms with Crippen LogP contribution in [0.3, 0.4) is 0 Å². The molecule has 1 N–H and O–H groups in total. The average Bonchev–Trinajstić information content (AvgIpc) is 3.42. The Balaban J connectivity index is 1.60. The third-order valence-electron chi connectivity index (χ3n) is 4.30. The van der Waals surface area contributed by atoms with Gasteiger partial charge in [0, 0.05) is 22.7 Å². The highest BCUT2D eigenvalue weighted by Gasteiger charge is 2.34. The summed E-state index contributed by atoms with van der Waals surface area (Å²) in [4.78, 5) is 32.0. The number of carbonyl (C=O) groups excluding carboxylic acids is 2. The lowest BCUT2D eigenvalue weighted by molar-refractivity contribution is -0.117. The van der Waals surface area contributed by atoms with Crippen molar-refractivity contribution in [2.75, 3.05) is 18.5 Å². The number of hydrogen-bond donors (Lipinski definition) is 1. The van der Waals surface area contributed by atoms with Gasteiger partial charge in [-0.05, 0) is 50.5 Å². The van der Waals surface area contributed by atoms with Gasteiger partial charge < -0.3 is 15.0 Å². The number of benzene rings is 1. The van der Waals surface area contributed by atoms with Gasteiger partial charge in [-0.25, -0.2) is 4.98 Å². The van der Waals surface area contributed by atoms with Crippen molar-refractivity contribution in [3.8, 4) is 5.75 Å². The molecule has 27 heavy (non-hydrogen) atoms. The minimum absolute atomic E-state index is 0.0386. The van der Waals surface area contributed by atoms with Gasteiger partial charge in [0.25, 0.3) is 5.91 Å². The standard InChI is InChI=1S/C20H25N3O3S/c1-3-4-11-26-17-9-5-15(6-10-17)19(25)23(16-7-8-16)13-18(24)22-20-21-12-14(2)27-20/h5-6,9-10,12,16H,3-4,7-8,11,13H2,1-2H3,(H,21,22,24). The molecule has 1 heterocycles. The number of anilines is 1. The Morgan fingerprint density at radius 2 is 2.04 bits per heavy atom. The molecule has 1 aromatic carbocycles. The van der Waals surface area contributed by atoms with Crippen molar-refractivity contribution in [3.05, 3.63) is 40.9 Å². The minimum atomic E-state index is -0.218. The molecule has 0 saturated heterocycles. The Morgan fingerprint density at radius 3 is 2.63 bits per heavy atom. The molecule has 0 atom stereocenters. The number of hydrogen-bond acceptors (Lipinski definition) is 5. The van der Waals surface area contributed by atoms with Crippen molar-refractivity contribution >= 4 is 28.3 Å². The molecule has 0 spiro atoms. The molecule has 1 fully saturated rings. The molecule has 7 heteroatoms. The second-order valence-corrected chi connectivity index (χ2v) is 7.95. The van der Waals surface area contributed by atoms with Crippen molar-refractivity contribution < 1.29 is 14.3 Å². The minimum Gasteiger partial charge on any atom is -0.494 e. The molecular formula is C20H25N3O3S. The molecule has 1 aliphatic carbocycles. The molecule has 1 aliphatic rings. The van der Waals surface area contributed by atoms with Gasteiger partial charge in [0.15, 0.2) is 5.13 Å². The molecule has 0 unspecified atom stereocenters. The summed E-state index contributed by atoms with van der Waals surface area (Å²) < 4.78 is 5.64. The van der Waals surface area contributed by atoms with Crippen LogP contribution in [0.1, 0.15) is 47.8 Å². The Hall–Kier alpha value is -2.41. The Bertz CT molecular complexity index is 784. The fraction of sp³-hybridized carbons (Fsp3) is 0.450. The predicted octanol–water partition coefficient (Wildman–Crippen LogP) is 3.87. The number of unbranched alkanes of at least 4 members (excludes halogenated alkanes) is 1. The molecule has 1 aromatic heterocycles. The Kier molecular flexibility index (Phi) is 6.45. The van der Waals surface area contributed by atoms with Crippen LogP contribution in [0.2, 0.25) is 0 Å². The molecule has 144 valence electrons. The summed E-state index contributed by atoms with van der Waals surface area (Å²) in [5, 5.41) is 3.34. The van der Waals surface area contributed by atoms with Gasteiger partial charge >= 0.3 is 0 Å². The van der Waals surface area contributed by atoms with E-state index in [0.29, 0.717) is 17.3 Å². The van der Waals surface area contributed by atoms with E-state index >= 15 is 0 Å². The lowest BCUT2D eigenvalue weighted by Gasteiger charge is -2.21. The van der Waals surface area contributed by atoms with Gasteiger partial charge in [0.05, 0.1) is 6.61 Å². The number of nitrogens with one attached hydrogen (secondary N) is 1. The summed E-state index contributed by atoms with van der Waals surface area (Å²) in [5.74, 6) is 0.419. The zero-order valence-corrected chi connectivity index (χ0v) is 16.6. The number of rotatable bonds is 9. The monoisotopic (exact) mass is 387 g/mol. The quantitative estimate of drug-likeness (QED) is 0.663. The SMILES string of the molecule is CCCCOc1ccc(C(=O)N(CC(=O)Nc2ncc(C)s2)C2CC2)cc1. The Labute approximate surface area is 163 Å². The first-order chi connectivity index (χ1) is 13.1. The first kappa shape index (κ1) is 19.4. The number of ether oxygens (including phenoxy) is 1. The third-order valence-corrected chi connectivity index (χ3v) is 5.13. The van der Waals surface area contributed by atoms with E-state index in [1.54, 1.807) is 23.2 Å². The smallest absolute Gasteiger partial charge is 0.254 e. The maximum Gasteiger partial charge on any atom is 0.254 e. The molecule has 1 saturated carbocycles. The summed E-state index contributed by atoms with van der Waals surface area (Å²) in [6, 6.07) is 7.29. The lowest BCUT2D eigenvalue weighted by atomic mass is 10.2. The van der Waals surface area contributed by atoms with Crippen LogP contribution >= 0.6 is 11.3 Å². The van der Waals surface area contributed by atoms with Gasteiger partial charge in [0.2, 0.25) is 5.91 Å². The van der Waals surface area contributed by atoms with E-state index in [-0.39, 0.29) is 24.4 Å². The van der Waals surface area contributed by atoms with Crippen molar-refractivity contribution in [3.63, 3.8) is 0 Å². The second-order valence-electron chi connectivity index (χ2n) is 6.71. The van der Waals surface area contributed by atoms with Crippen LogP contribution < -0.4 is 10.1 Å². The van der Waals surface area contributed by atoms with Gasteiger partial charge in [-0.3, -0.25) is 9.59 Å². The zero-order chi connectivity index (χ0) is 19.2. The van der Waals surface area contributed by atoms with Gasteiger partial charge in [-0.2, -0.15) is 0 Å². The zero-order valence-electron chi connectivity index (χ0n) is 15.7. The highest BCUT2D eigenvalue weighted by molar-refractivity contribution is 7.15. The van der Waals surface area contributed by atoms with E-state index in [0.717, 1.165) is 36.3 Å². The fourth-order valence-corrected chi connectivity index (χ4v) is 3.35. The number of carbonyl (C=O) groups is 2.